The van der Waals surface area contributed by atoms with Gasteiger partial charge in [-0.1, -0.05) is 25.8 Å². The van der Waals surface area contributed by atoms with E-state index >= 15 is 0 Å². The Balaban J connectivity index is 1.70. The average Bonchev–Trinajstić information content (AvgIpc) is 2.81. The van der Waals surface area contributed by atoms with Crippen molar-refractivity contribution in [2.24, 2.45) is 23.2 Å². The molecule has 0 saturated heterocycles. The molecule has 0 aromatic carbocycles. The minimum atomic E-state index is -0.0896. The van der Waals surface area contributed by atoms with Crippen LogP contribution in [-0.2, 0) is 4.79 Å². The first-order chi connectivity index (χ1) is 10.5. The number of fused-ring (bicyclic) bond motifs is 1. The summed E-state index contributed by atoms with van der Waals surface area (Å²) in [5, 5.41) is 10.5. The largest absolute Gasteiger partial charge is 0.393 e. The third-order valence-corrected chi connectivity index (χ3v) is 7.14. The smallest absolute Gasteiger partial charge is 0.155 e. The summed E-state index contributed by atoms with van der Waals surface area (Å²) in [4.78, 5) is 11.6. The Morgan fingerprint density at radius 2 is 2.09 bits per heavy atom. The number of rotatable bonds is 4. The van der Waals surface area contributed by atoms with E-state index in [1.807, 2.05) is 6.08 Å². The molecule has 2 nitrogen and oxygen atoms in total. The van der Waals surface area contributed by atoms with Crippen molar-refractivity contribution in [1.29, 1.82) is 0 Å². The van der Waals surface area contributed by atoms with Crippen LogP contribution in [0.15, 0.2) is 11.6 Å². The molecule has 2 fully saturated rings. The van der Waals surface area contributed by atoms with E-state index in [1.54, 1.807) is 0 Å². The molecular weight excluding hydrogens is 272 g/mol. The highest BCUT2D eigenvalue weighted by molar-refractivity contribution is 5.91. The Labute approximate surface area is 135 Å². The molecule has 124 valence electrons. The molecule has 5 atom stereocenters. The summed E-state index contributed by atoms with van der Waals surface area (Å²) in [5.74, 6) is 2.60. The van der Waals surface area contributed by atoms with Crippen molar-refractivity contribution in [1.82, 2.24) is 0 Å². The molecule has 3 rings (SSSR count). The lowest BCUT2D eigenvalue weighted by atomic mass is 9.58. The van der Waals surface area contributed by atoms with Gasteiger partial charge in [-0.3, -0.25) is 4.79 Å². The highest BCUT2D eigenvalue weighted by atomic mass is 16.3. The van der Waals surface area contributed by atoms with Crippen LogP contribution in [0.2, 0.25) is 0 Å². The van der Waals surface area contributed by atoms with Gasteiger partial charge in [0.2, 0.25) is 0 Å². The number of carbonyl (C=O) groups is 1. The zero-order valence-electron chi connectivity index (χ0n) is 14.3. The summed E-state index contributed by atoms with van der Waals surface area (Å²) in [5.41, 5.74) is 1.55. The fourth-order valence-corrected chi connectivity index (χ4v) is 5.69. The van der Waals surface area contributed by atoms with Gasteiger partial charge in [-0.25, -0.2) is 0 Å². The molecule has 3 aliphatic rings. The summed E-state index contributed by atoms with van der Waals surface area (Å²) >= 11 is 0. The Bertz CT molecular complexity index is 453. The van der Waals surface area contributed by atoms with Crippen molar-refractivity contribution in [2.75, 3.05) is 0 Å². The van der Waals surface area contributed by atoms with Crippen molar-refractivity contribution >= 4 is 5.78 Å². The Kier molecular flexibility index (Phi) is 4.77. The highest BCUT2D eigenvalue weighted by Crippen LogP contribution is 2.57. The maximum atomic E-state index is 11.6. The van der Waals surface area contributed by atoms with Gasteiger partial charge in [0.25, 0.3) is 0 Å². The summed E-state index contributed by atoms with van der Waals surface area (Å²) in [6.45, 7) is 4.66. The van der Waals surface area contributed by atoms with Crippen molar-refractivity contribution in [2.45, 2.75) is 84.2 Å². The van der Waals surface area contributed by atoms with Crippen LogP contribution in [0.1, 0.15) is 78.1 Å². The molecule has 0 radical (unpaired) electrons. The van der Waals surface area contributed by atoms with E-state index in [-0.39, 0.29) is 11.5 Å². The molecular formula is C20H32O2. The summed E-state index contributed by atoms with van der Waals surface area (Å²) in [6.07, 6.45) is 13.0. The van der Waals surface area contributed by atoms with Gasteiger partial charge in [0.15, 0.2) is 5.78 Å². The maximum Gasteiger partial charge on any atom is 0.155 e. The predicted molar refractivity (Wildman–Crippen MR) is 89.5 cm³/mol. The van der Waals surface area contributed by atoms with Gasteiger partial charge in [-0.2, -0.15) is 0 Å². The van der Waals surface area contributed by atoms with E-state index < -0.39 is 0 Å². The summed E-state index contributed by atoms with van der Waals surface area (Å²) in [7, 11) is 0. The molecule has 5 unspecified atom stereocenters. The second-order valence-electron chi connectivity index (χ2n) is 8.24. The highest BCUT2D eigenvalue weighted by Gasteiger charge is 2.52. The van der Waals surface area contributed by atoms with Crippen molar-refractivity contribution in [3.63, 3.8) is 0 Å². The molecule has 0 aliphatic heterocycles. The van der Waals surface area contributed by atoms with E-state index in [2.05, 4.69) is 13.8 Å². The van der Waals surface area contributed by atoms with Gasteiger partial charge >= 0.3 is 0 Å². The Morgan fingerprint density at radius 3 is 2.82 bits per heavy atom. The minimum absolute atomic E-state index is 0.0896. The van der Waals surface area contributed by atoms with Crippen LogP contribution < -0.4 is 0 Å². The molecule has 0 aromatic heterocycles. The molecule has 0 amide bonds. The molecule has 2 heteroatoms. The van der Waals surface area contributed by atoms with Gasteiger partial charge in [-0.15, -0.1) is 0 Å². The van der Waals surface area contributed by atoms with E-state index in [9.17, 15) is 9.90 Å². The van der Waals surface area contributed by atoms with Gasteiger partial charge in [0, 0.05) is 6.42 Å². The quantitative estimate of drug-likeness (QED) is 0.820. The first kappa shape index (κ1) is 16.2. The third kappa shape index (κ3) is 2.91. The zero-order valence-corrected chi connectivity index (χ0v) is 14.3. The Morgan fingerprint density at radius 1 is 1.27 bits per heavy atom. The molecule has 3 aliphatic carbocycles. The summed E-state index contributed by atoms with van der Waals surface area (Å²) < 4.78 is 0. The number of ketones is 1. The van der Waals surface area contributed by atoms with E-state index in [0.29, 0.717) is 11.7 Å². The standard InChI is InChI=1S/C20H32O2/c1-3-15-11-12-20(2)18(9-10-19(20)22)17(15)8-7-14-5-4-6-16(21)13-14/h13,15,17-19,22H,3-12H2,1-2H3. The van der Waals surface area contributed by atoms with Crippen LogP contribution in [0.4, 0.5) is 0 Å². The molecule has 0 spiro atoms. The fraction of sp³-hybridized carbons (Fsp3) is 0.850. The molecule has 0 heterocycles. The second-order valence-corrected chi connectivity index (χ2v) is 8.24. The van der Waals surface area contributed by atoms with Crippen LogP contribution in [0, 0.1) is 23.2 Å². The molecule has 22 heavy (non-hydrogen) atoms. The second kappa shape index (κ2) is 6.47. The van der Waals surface area contributed by atoms with Crippen molar-refractivity contribution in [3.05, 3.63) is 11.6 Å². The van der Waals surface area contributed by atoms with E-state index in [4.69, 9.17) is 0 Å². The van der Waals surface area contributed by atoms with Gasteiger partial charge in [0.05, 0.1) is 6.10 Å². The van der Waals surface area contributed by atoms with Gasteiger partial charge in [0.1, 0.15) is 0 Å². The number of aliphatic hydroxyl groups is 1. The minimum Gasteiger partial charge on any atom is -0.393 e. The predicted octanol–water partition coefficient (Wildman–Crippen LogP) is 4.66. The lowest BCUT2D eigenvalue weighted by molar-refractivity contribution is -0.115. The molecule has 0 bridgehead atoms. The lowest BCUT2D eigenvalue weighted by Gasteiger charge is -2.48. The van der Waals surface area contributed by atoms with Gasteiger partial charge < -0.3 is 5.11 Å². The number of aliphatic hydroxyl groups excluding tert-OH is 1. The maximum absolute atomic E-state index is 11.6. The first-order valence-corrected chi connectivity index (χ1v) is 9.45. The number of carbonyl (C=O) groups excluding carboxylic acids is 1. The SMILES string of the molecule is CCC1CCC2(C)C(O)CCC2C1CCC1=CC(=O)CCC1. The van der Waals surface area contributed by atoms with Crippen LogP contribution in [-0.4, -0.2) is 17.0 Å². The van der Waals surface area contributed by atoms with Crippen LogP contribution in [0.25, 0.3) is 0 Å². The molecule has 2 saturated carbocycles. The zero-order chi connectivity index (χ0) is 15.7. The number of hydrogen-bond acceptors (Lipinski definition) is 2. The van der Waals surface area contributed by atoms with Gasteiger partial charge in [-0.05, 0) is 80.6 Å². The van der Waals surface area contributed by atoms with E-state index in [1.165, 1.54) is 37.7 Å². The topological polar surface area (TPSA) is 37.3 Å². The van der Waals surface area contributed by atoms with Crippen molar-refractivity contribution < 1.29 is 9.90 Å². The van der Waals surface area contributed by atoms with Crippen LogP contribution >= 0.6 is 0 Å². The number of allylic oxidation sites excluding steroid dienone is 2. The number of hydrogen-bond donors (Lipinski definition) is 1. The lowest BCUT2D eigenvalue weighted by Crippen LogP contribution is -2.43. The normalized spacial score (nSPS) is 42.1. The van der Waals surface area contributed by atoms with E-state index in [0.717, 1.165) is 43.9 Å². The van der Waals surface area contributed by atoms with Crippen molar-refractivity contribution in [3.8, 4) is 0 Å². The average molecular weight is 304 g/mol. The fourth-order valence-electron chi connectivity index (χ4n) is 5.69. The molecule has 0 aromatic rings. The third-order valence-electron chi connectivity index (χ3n) is 7.14. The monoisotopic (exact) mass is 304 g/mol. The Hall–Kier alpha value is -0.630. The van der Waals surface area contributed by atoms with Crippen LogP contribution in [0.5, 0.6) is 0 Å². The summed E-state index contributed by atoms with van der Waals surface area (Å²) in [6, 6.07) is 0. The van der Waals surface area contributed by atoms with Crippen LogP contribution in [0.3, 0.4) is 0 Å². The molecule has 1 N–H and O–H groups in total. The first-order valence-electron chi connectivity index (χ1n) is 9.45.